The van der Waals surface area contributed by atoms with Crippen molar-refractivity contribution in [2.75, 3.05) is 13.7 Å². The zero-order chi connectivity index (χ0) is 23.0. The zero-order valence-corrected chi connectivity index (χ0v) is 19.5. The maximum absolute atomic E-state index is 12.5. The van der Waals surface area contributed by atoms with Gasteiger partial charge in [-0.25, -0.2) is 0 Å². The number of aliphatic imine (C=N–C) groups is 1. The SMILES string of the molecule is COC1CCC(Br)CC1C(CC(=O)O)NC(=O)CNC(=O)C1CCCC(N=C(N)N)C1. The minimum atomic E-state index is -0.992. The Bertz CT molecular complexity index is 672. The molecule has 0 spiro atoms. The number of guanidine groups is 1. The van der Waals surface area contributed by atoms with E-state index in [0.717, 1.165) is 32.1 Å². The van der Waals surface area contributed by atoms with Crippen molar-refractivity contribution in [2.45, 2.75) is 74.4 Å². The Kier molecular flexibility index (Phi) is 10.0. The lowest BCUT2D eigenvalue weighted by molar-refractivity contribution is -0.139. The Balaban J connectivity index is 1.91. The lowest BCUT2D eigenvalue weighted by Crippen LogP contribution is -2.51. The number of carboxylic acid groups (broad SMARTS) is 1. The Hall–Kier alpha value is -1.88. The molecule has 2 saturated carbocycles. The minimum absolute atomic E-state index is 0.0118. The van der Waals surface area contributed by atoms with Crippen LogP contribution in [0.2, 0.25) is 0 Å². The van der Waals surface area contributed by atoms with E-state index in [1.165, 1.54) is 0 Å². The second-order valence-corrected chi connectivity index (χ2v) is 9.70. The Labute approximate surface area is 191 Å². The van der Waals surface area contributed by atoms with Crippen molar-refractivity contribution in [3.63, 3.8) is 0 Å². The van der Waals surface area contributed by atoms with E-state index in [9.17, 15) is 19.5 Å². The van der Waals surface area contributed by atoms with Gasteiger partial charge < -0.3 is 31.9 Å². The van der Waals surface area contributed by atoms with Crippen molar-refractivity contribution in [3.8, 4) is 0 Å². The Morgan fingerprint density at radius 2 is 1.94 bits per heavy atom. The van der Waals surface area contributed by atoms with Crippen molar-refractivity contribution in [2.24, 2.45) is 28.3 Å². The molecule has 10 nitrogen and oxygen atoms in total. The molecule has 0 aromatic carbocycles. The number of nitrogens with zero attached hydrogens (tertiary/aromatic N) is 1. The third-order valence-electron chi connectivity index (χ3n) is 6.10. The number of ether oxygens (including phenoxy) is 1. The molecule has 7 N–H and O–H groups in total. The summed E-state index contributed by atoms with van der Waals surface area (Å²) in [6.45, 7) is -0.208. The van der Waals surface area contributed by atoms with Crippen LogP contribution in [-0.2, 0) is 19.1 Å². The monoisotopic (exact) mass is 503 g/mol. The molecule has 6 atom stereocenters. The summed E-state index contributed by atoms with van der Waals surface area (Å²) in [6.07, 6.45) is 5.02. The van der Waals surface area contributed by atoms with Gasteiger partial charge in [0.05, 0.1) is 25.1 Å². The van der Waals surface area contributed by atoms with E-state index in [-0.39, 0.29) is 53.6 Å². The van der Waals surface area contributed by atoms with Gasteiger partial charge in [0.2, 0.25) is 11.8 Å². The van der Waals surface area contributed by atoms with E-state index < -0.39 is 17.9 Å². The highest BCUT2D eigenvalue weighted by Gasteiger charge is 2.37. The highest BCUT2D eigenvalue weighted by atomic mass is 79.9. The molecule has 2 amide bonds. The number of amides is 2. The fraction of sp³-hybridized carbons (Fsp3) is 0.800. The average molecular weight is 504 g/mol. The number of alkyl halides is 1. The molecule has 11 heteroatoms. The van der Waals surface area contributed by atoms with E-state index in [1.807, 2.05) is 0 Å². The third kappa shape index (κ3) is 8.29. The van der Waals surface area contributed by atoms with Gasteiger partial charge in [-0.05, 0) is 38.5 Å². The first-order valence-electron chi connectivity index (χ1n) is 10.7. The molecule has 0 bridgehead atoms. The topological polar surface area (TPSA) is 169 Å². The summed E-state index contributed by atoms with van der Waals surface area (Å²) >= 11 is 3.60. The second kappa shape index (κ2) is 12.2. The lowest BCUT2D eigenvalue weighted by atomic mass is 9.80. The summed E-state index contributed by atoms with van der Waals surface area (Å²) in [5, 5.41) is 14.8. The standard InChI is InChI=1S/C20H34BrN5O5/c1-31-16-6-5-12(21)8-14(16)15(9-18(28)29)26-17(27)10-24-19(30)11-3-2-4-13(7-11)25-20(22)23/h11-16H,2-10H2,1H3,(H,24,30)(H,26,27)(H,28,29)(H4,22,23,25). The molecule has 0 aromatic rings. The maximum atomic E-state index is 12.5. The summed E-state index contributed by atoms with van der Waals surface area (Å²) in [5.74, 6) is -1.99. The highest BCUT2D eigenvalue weighted by molar-refractivity contribution is 9.09. The first-order chi connectivity index (χ1) is 14.7. The predicted molar refractivity (Wildman–Crippen MR) is 120 cm³/mol. The number of carboxylic acids is 1. The fourth-order valence-corrected chi connectivity index (χ4v) is 5.33. The van der Waals surface area contributed by atoms with Crippen molar-refractivity contribution in [1.29, 1.82) is 0 Å². The number of nitrogens with two attached hydrogens (primary N) is 2. The summed E-state index contributed by atoms with van der Waals surface area (Å²) in [6, 6.07) is -0.661. The van der Waals surface area contributed by atoms with Gasteiger partial charge in [-0.2, -0.15) is 0 Å². The fourth-order valence-electron chi connectivity index (χ4n) is 4.64. The van der Waals surface area contributed by atoms with Gasteiger partial charge >= 0.3 is 5.97 Å². The summed E-state index contributed by atoms with van der Waals surface area (Å²) < 4.78 is 5.55. The minimum Gasteiger partial charge on any atom is -0.481 e. The summed E-state index contributed by atoms with van der Waals surface area (Å²) in [4.78, 5) is 40.8. The Morgan fingerprint density at radius 3 is 2.58 bits per heavy atom. The Morgan fingerprint density at radius 1 is 1.19 bits per heavy atom. The van der Waals surface area contributed by atoms with Gasteiger partial charge in [-0.15, -0.1) is 0 Å². The molecule has 2 aliphatic rings. The van der Waals surface area contributed by atoms with E-state index >= 15 is 0 Å². The van der Waals surface area contributed by atoms with Crippen LogP contribution in [-0.4, -0.2) is 65.5 Å². The number of aliphatic carboxylic acids is 1. The lowest BCUT2D eigenvalue weighted by Gasteiger charge is -2.38. The first-order valence-corrected chi connectivity index (χ1v) is 11.7. The molecule has 176 valence electrons. The molecule has 2 fully saturated rings. The number of methoxy groups -OCH3 is 1. The molecule has 0 aliphatic heterocycles. The highest BCUT2D eigenvalue weighted by Crippen LogP contribution is 2.34. The molecule has 0 saturated heterocycles. The molecule has 0 radical (unpaired) electrons. The van der Waals surface area contributed by atoms with Crippen LogP contribution in [0.1, 0.15) is 51.4 Å². The molecular formula is C20H34BrN5O5. The van der Waals surface area contributed by atoms with Crippen LogP contribution in [0.4, 0.5) is 0 Å². The van der Waals surface area contributed by atoms with Crippen LogP contribution < -0.4 is 22.1 Å². The molecule has 31 heavy (non-hydrogen) atoms. The molecule has 2 aliphatic carbocycles. The summed E-state index contributed by atoms with van der Waals surface area (Å²) in [5.41, 5.74) is 10.9. The smallest absolute Gasteiger partial charge is 0.305 e. The molecular weight excluding hydrogens is 470 g/mol. The van der Waals surface area contributed by atoms with E-state index in [1.54, 1.807) is 7.11 Å². The molecule has 2 rings (SSSR count). The molecule has 0 aromatic heterocycles. The number of rotatable bonds is 9. The number of hydrogen-bond donors (Lipinski definition) is 5. The van der Waals surface area contributed by atoms with Gasteiger partial charge in [0.1, 0.15) is 0 Å². The van der Waals surface area contributed by atoms with Crippen LogP contribution >= 0.6 is 15.9 Å². The normalized spacial score (nSPS) is 29.4. The largest absolute Gasteiger partial charge is 0.481 e. The van der Waals surface area contributed by atoms with Gasteiger partial charge in [0, 0.05) is 29.8 Å². The third-order valence-corrected chi connectivity index (χ3v) is 6.93. The summed E-state index contributed by atoms with van der Waals surface area (Å²) in [7, 11) is 1.60. The number of carbonyl (C=O) groups excluding carboxylic acids is 2. The number of halogens is 1. The molecule has 6 unspecified atom stereocenters. The maximum Gasteiger partial charge on any atom is 0.305 e. The van der Waals surface area contributed by atoms with Crippen molar-refractivity contribution < 1.29 is 24.2 Å². The van der Waals surface area contributed by atoms with Crippen LogP contribution in [0.5, 0.6) is 0 Å². The number of hydrogen-bond acceptors (Lipinski definition) is 5. The quantitative estimate of drug-likeness (QED) is 0.173. The van der Waals surface area contributed by atoms with E-state index in [0.29, 0.717) is 12.8 Å². The van der Waals surface area contributed by atoms with Crippen molar-refractivity contribution >= 4 is 39.7 Å². The van der Waals surface area contributed by atoms with Gasteiger partial charge in [-0.1, -0.05) is 22.4 Å². The molecule has 0 heterocycles. The average Bonchev–Trinajstić information content (AvgIpc) is 2.71. The number of nitrogens with one attached hydrogen (secondary N) is 2. The van der Waals surface area contributed by atoms with E-state index in [4.69, 9.17) is 16.2 Å². The van der Waals surface area contributed by atoms with Gasteiger partial charge in [0.15, 0.2) is 5.96 Å². The van der Waals surface area contributed by atoms with Crippen LogP contribution in [0.15, 0.2) is 4.99 Å². The van der Waals surface area contributed by atoms with E-state index in [2.05, 4.69) is 31.6 Å². The first kappa shape index (κ1) is 25.4. The van der Waals surface area contributed by atoms with Crippen LogP contribution in [0, 0.1) is 11.8 Å². The van der Waals surface area contributed by atoms with Crippen molar-refractivity contribution in [3.05, 3.63) is 0 Å². The zero-order valence-electron chi connectivity index (χ0n) is 17.9. The van der Waals surface area contributed by atoms with Gasteiger partial charge in [-0.3, -0.25) is 19.4 Å². The predicted octanol–water partition coefficient (Wildman–Crippen LogP) is 0.473. The number of carbonyl (C=O) groups is 3. The van der Waals surface area contributed by atoms with Crippen LogP contribution in [0.3, 0.4) is 0 Å². The second-order valence-electron chi connectivity index (χ2n) is 8.41. The van der Waals surface area contributed by atoms with Gasteiger partial charge in [0.25, 0.3) is 0 Å². The van der Waals surface area contributed by atoms with Crippen LogP contribution in [0.25, 0.3) is 0 Å². The van der Waals surface area contributed by atoms with Crippen molar-refractivity contribution in [1.82, 2.24) is 10.6 Å².